The Balaban J connectivity index is 1.87. The molecule has 1 fully saturated rings. The molecule has 1 saturated heterocycles. The van der Waals surface area contributed by atoms with Gasteiger partial charge in [-0.15, -0.1) is 0 Å². The number of allylic oxidation sites excluding steroid dienone is 2. The van der Waals surface area contributed by atoms with E-state index in [0.29, 0.717) is 6.17 Å². The molecule has 0 amide bonds. The molecular weight excluding hydrogens is 162 g/mol. The summed E-state index contributed by atoms with van der Waals surface area (Å²) in [6, 6.07) is 0. The minimum absolute atomic E-state index is 0.388. The normalized spacial score (nSPS) is 30.4. The summed E-state index contributed by atoms with van der Waals surface area (Å²) >= 11 is 0. The van der Waals surface area contributed by atoms with Crippen molar-refractivity contribution in [2.45, 2.75) is 6.17 Å². The van der Waals surface area contributed by atoms with Crippen molar-refractivity contribution in [3.05, 3.63) is 31.5 Å². The fourth-order valence-corrected chi connectivity index (χ4v) is 1.70. The lowest BCUT2D eigenvalue weighted by atomic mass is 10.2. The van der Waals surface area contributed by atoms with Crippen LogP contribution < -0.4 is 5.32 Å². The van der Waals surface area contributed by atoms with E-state index in [-0.39, 0.29) is 0 Å². The van der Waals surface area contributed by atoms with E-state index in [9.17, 15) is 0 Å². The molecule has 0 aromatic rings. The topological polar surface area (TPSA) is 18.5 Å². The second-order valence-electron chi connectivity index (χ2n) is 3.51. The van der Waals surface area contributed by atoms with Gasteiger partial charge in [0.1, 0.15) is 0 Å². The van der Waals surface area contributed by atoms with E-state index in [1.54, 1.807) is 0 Å². The van der Waals surface area contributed by atoms with Crippen LogP contribution in [0.2, 0.25) is 0 Å². The second kappa shape index (κ2) is 3.94. The molecule has 1 atom stereocenters. The molecule has 3 heteroatoms. The molecule has 0 spiro atoms. The van der Waals surface area contributed by atoms with E-state index >= 15 is 0 Å². The molecule has 2 aliphatic rings. The van der Waals surface area contributed by atoms with Crippen molar-refractivity contribution < 1.29 is 0 Å². The summed E-state index contributed by atoms with van der Waals surface area (Å²) in [6.07, 6.45) is 8.70. The third kappa shape index (κ3) is 2.11. The lowest BCUT2D eigenvalue weighted by Gasteiger charge is -2.40. The number of hydrogen-bond acceptors (Lipinski definition) is 3. The van der Waals surface area contributed by atoms with Crippen LogP contribution in [0.3, 0.4) is 0 Å². The zero-order valence-corrected chi connectivity index (χ0v) is 7.82. The number of nitrogens with one attached hydrogen (secondary N) is 1. The second-order valence-corrected chi connectivity index (χ2v) is 3.51. The van der Waals surface area contributed by atoms with Crippen molar-refractivity contribution >= 4 is 0 Å². The lowest BCUT2D eigenvalue weighted by Crippen LogP contribution is -2.52. The molecule has 0 radical (unpaired) electrons. The Morgan fingerprint density at radius 3 is 2.54 bits per heavy atom. The van der Waals surface area contributed by atoms with Gasteiger partial charge in [-0.1, -0.05) is 6.08 Å². The zero-order valence-electron chi connectivity index (χ0n) is 7.82. The van der Waals surface area contributed by atoms with Crippen molar-refractivity contribution in [3.63, 3.8) is 0 Å². The number of nitrogens with zero attached hydrogens (tertiary/aromatic N) is 2. The largest absolute Gasteiger partial charge is 0.457 e. The molecular formula is C10H16N3-. The van der Waals surface area contributed by atoms with Crippen LogP contribution in [0.4, 0.5) is 0 Å². The maximum absolute atomic E-state index is 3.93. The fourth-order valence-electron chi connectivity index (χ4n) is 1.70. The van der Waals surface area contributed by atoms with E-state index in [0.717, 1.165) is 26.2 Å². The zero-order chi connectivity index (χ0) is 9.10. The average molecular weight is 178 g/mol. The van der Waals surface area contributed by atoms with E-state index < -0.39 is 0 Å². The first kappa shape index (κ1) is 8.78. The van der Waals surface area contributed by atoms with Crippen LogP contribution in [0.15, 0.2) is 24.4 Å². The Morgan fingerprint density at radius 1 is 1.15 bits per heavy atom. The highest BCUT2D eigenvalue weighted by Crippen LogP contribution is 2.06. The van der Waals surface area contributed by atoms with Crippen molar-refractivity contribution in [3.8, 4) is 0 Å². The maximum atomic E-state index is 3.93. The van der Waals surface area contributed by atoms with Gasteiger partial charge in [0, 0.05) is 13.1 Å². The summed E-state index contributed by atoms with van der Waals surface area (Å²) in [5.74, 6) is 0. The van der Waals surface area contributed by atoms with Crippen LogP contribution >= 0.6 is 0 Å². The summed E-state index contributed by atoms with van der Waals surface area (Å²) in [5.41, 5.74) is 0. The van der Waals surface area contributed by atoms with Crippen molar-refractivity contribution in [2.75, 3.05) is 26.2 Å². The molecule has 0 aromatic carbocycles. The first-order valence-corrected chi connectivity index (χ1v) is 4.75. The molecule has 1 N–H and O–H groups in total. The van der Waals surface area contributed by atoms with Crippen LogP contribution in [0, 0.1) is 7.05 Å². The smallest absolute Gasteiger partial charge is 0.0985 e. The van der Waals surface area contributed by atoms with Crippen LogP contribution in [0.5, 0.6) is 0 Å². The molecule has 0 aliphatic carbocycles. The monoisotopic (exact) mass is 178 g/mol. The highest BCUT2D eigenvalue weighted by Gasteiger charge is 2.17. The molecule has 0 aromatic heterocycles. The van der Waals surface area contributed by atoms with Gasteiger partial charge in [-0.2, -0.15) is 0 Å². The Kier molecular flexibility index (Phi) is 2.66. The molecule has 0 bridgehead atoms. The van der Waals surface area contributed by atoms with Crippen LogP contribution in [-0.4, -0.2) is 42.1 Å². The lowest BCUT2D eigenvalue weighted by molar-refractivity contribution is 0.131. The average Bonchev–Trinajstić information content (AvgIpc) is 2.20. The molecule has 0 saturated carbocycles. The Bertz CT molecular complexity index is 214. The molecule has 2 heterocycles. The summed E-state index contributed by atoms with van der Waals surface area (Å²) in [4.78, 5) is 4.56. The predicted octanol–water partition coefficient (Wildman–Crippen LogP) is 0.395. The third-order valence-corrected chi connectivity index (χ3v) is 2.57. The summed E-state index contributed by atoms with van der Waals surface area (Å²) in [7, 11) is 3.93. The number of rotatable bonds is 1. The van der Waals surface area contributed by atoms with Gasteiger partial charge >= 0.3 is 0 Å². The highest BCUT2D eigenvalue weighted by molar-refractivity contribution is 5.11. The molecule has 13 heavy (non-hydrogen) atoms. The van der Waals surface area contributed by atoms with E-state index in [1.165, 1.54) is 0 Å². The SMILES string of the molecule is [CH2-]N1CCN(C2C=CC=CN2)CC1. The Hall–Kier alpha value is -0.800. The van der Waals surface area contributed by atoms with Gasteiger partial charge in [-0.3, -0.25) is 11.9 Å². The maximum Gasteiger partial charge on any atom is 0.0985 e. The molecule has 3 nitrogen and oxygen atoms in total. The summed E-state index contributed by atoms with van der Waals surface area (Å²) < 4.78 is 0. The van der Waals surface area contributed by atoms with Gasteiger partial charge in [0.25, 0.3) is 0 Å². The first-order chi connectivity index (χ1) is 6.36. The predicted molar refractivity (Wildman–Crippen MR) is 53.7 cm³/mol. The van der Waals surface area contributed by atoms with Crippen molar-refractivity contribution in [2.24, 2.45) is 0 Å². The van der Waals surface area contributed by atoms with E-state index in [1.807, 2.05) is 12.3 Å². The van der Waals surface area contributed by atoms with Gasteiger partial charge in [0.2, 0.25) is 0 Å². The van der Waals surface area contributed by atoms with E-state index in [4.69, 9.17) is 0 Å². The van der Waals surface area contributed by atoms with Crippen LogP contribution in [-0.2, 0) is 0 Å². The number of dihydropyridines is 1. The standard InChI is InChI=1S/C10H16N3/c1-12-6-8-13(9-7-12)10-4-2-3-5-11-10/h2-5,10-11H,1,6-9H2/q-1. The van der Waals surface area contributed by atoms with Gasteiger partial charge in [0.15, 0.2) is 0 Å². The van der Waals surface area contributed by atoms with E-state index in [2.05, 4.69) is 34.3 Å². The van der Waals surface area contributed by atoms with Gasteiger partial charge in [-0.25, -0.2) is 0 Å². The number of piperazine rings is 1. The molecule has 1 unspecified atom stereocenters. The van der Waals surface area contributed by atoms with Gasteiger partial charge < -0.3 is 10.2 Å². The van der Waals surface area contributed by atoms with Crippen LogP contribution in [0.25, 0.3) is 0 Å². The highest BCUT2D eigenvalue weighted by atomic mass is 15.3. The van der Waals surface area contributed by atoms with Crippen LogP contribution in [0.1, 0.15) is 0 Å². The summed E-state index contributed by atoms with van der Waals surface area (Å²) in [6.45, 7) is 4.32. The fraction of sp³-hybridized carbons (Fsp3) is 0.500. The molecule has 2 aliphatic heterocycles. The van der Waals surface area contributed by atoms with Crippen molar-refractivity contribution in [1.82, 2.24) is 15.1 Å². The Labute approximate surface area is 79.7 Å². The Morgan fingerprint density at radius 2 is 1.92 bits per heavy atom. The quantitative estimate of drug-likeness (QED) is 0.586. The first-order valence-electron chi connectivity index (χ1n) is 4.75. The summed E-state index contributed by atoms with van der Waals surface area (Å²) in [5, 5.41) is 3.32. The minimum atomic E-state index is 0.388. The molecule has 2 rings (SSSR count). The van der Waals surface area contributed by atoms with Gasteiger partial charge in [0.05, 0.1) is 6.17 Å². The molecule has 72 valence electrons. The number of hydrogen-bond donors (Lipinski definition) is 1. The minimum Gasteiger partial charge on any atom is -0.457 e. The third-order valence-electron chi connectivity index (χ3n) is 2.57. The van der Waals surface area contributed by atoms with Gasteiger partial charge in [-0.05, 0) is 31.4 Å². The van der Waals surface area contributed by atoms with Crippen molar-refractivity contribution in [1.29, 1.82) is 0 Å².